The fourth-order valence-electron chi connectivity index (χ4n) is 2.11. The summed E-state index contributed by atoms with van der Waals surface area (Å²) >= 11 is 0. The van der Waals surface area contributed by atoms with Gasteiger partial charge in [-0.2, -0.15) is 0 Å². The van der Waals surface area contributed by atoms with Crippen LogP contribution in [0, 0.1) is 5.92 Å². The van der Waals surface area contributed by atoms with Gasteiger partial charge in [0.25, 0.3) is 0 Å². The first-order valence-electron chi connectivity index (χ1n) is 6.23. The molecule has 0 radical (unpaired) electrons. The van der Waals surface area contributed by atoms with Gasteiger partial charge in [0.1, 0.15) is 0 Å². The van der Waals surface area contributed by atoms with Crippen LogP contribution < -0.4 is 11.1 Å². The quantitative estimate of drug-likeness (QED) is 0.750. The Morgan fingerprint density at radius 1 is 1.31 bits per heavy atom. The molecule has 1 saturated carbocycles. The van der Waals surface area contributed by atoms with E-state index in [4.69, 9.17) is 5.73 Å². The lowest BCUT2D eigenvalue weighted by Gasteiger charge is -2.14. The molecule has 1 atom stereocenters. The van der Waals surface area contributed by atoms with E-state index in [1.165, 1.54) is 25.7 Å². The van der Waals surface area contributed by atoms with Crippen molar-refractivity contribution in [1.82, 2.24) is 5.32 Å². The van der Waals surface area contributed by atoms with E-state index < -0.39 is 0 Å². The maximum Gasteiger partial charge on any atom is 0.223 e. The van der Waals surface area contributed by atoms with Crippen molar-refractivity contribution in [3.8, 4) is 0 Å². The van der Waals surface area contributed by atoms with E-state index in [1.807, 2.05) is 6.92 Å². The molecule has 0 aromatic carbocycles. The molecule has 96 valence electrons. The first-order chi connectivity index (χ1) is 7.20. The molecule has 0 bridgehead atoms. The third-order valence-electron chi connectivity index (χ3n) is 3.12. The molecule has 16 heavy (non-hydrogen) atoms. The van der Waals surface area contributed by atoms with Crippen LogP contribution in [-0.2, 0) is 4.79 Å². The van der Waals surface area contributed by atoms with Gasteiger partial charge < -0.3 is 11.1 Å². The Hall–Kier alpha value is -0.280. The van der Waals surface area contributed by atoms with Gasteiger partial charge in [-0.25, -0.2) is 0 Å². The Morgan fingerprint density at radius 3 is 2.38 bits per heavy atom. The van der Waals surface area contributed by atoms with E-state index in [2.05, 4.69) is 5.32 Å². The summed E-state index contributed by atoms with van der Waals surface area (Å²) in [5, 5.41) is 2.99. The molecule has 4 heteroatoms. The van der Waals surface area contributed by atoms with E-state index in [9.17, 15) is 4.79 Å². The Kier molecular flexibility index (Phi) is 8.67. The van der Waals surface area contributed by atoms with Crippen LogP contribution in [0.5, 0.6) is 0 Å². The van der Waals surface area contributed by atoms with Gasteiger partial charge in [-0.05, 0) is 26.2 Å². The van der Waals surface area contributed by atoms with E-state index in [-0.39, 0.29) is 30.3 Å². The third-order valence-corrected chi connectivity index (χ3v) is 3.12. The Balaban J connectivity index is 0.00000225. The molecule has 0 spiro atoms. The summed E-state index contributed by atoms with van der Waals surface area (Å²) in [5.41, 5.74) is 5.63. The predicted octanol–water partition coefficient (Wildman–Crippen LogP) is 2.23. The summed E-state index contributed by atoms with van der Waals surface area (Å²) in [6.45, 7) is 2.70. The van der Waals surface area contributed by atoms with Crippen molar-refractivity contribution < 1.29 is 4.79 Å². The largest absolute Gasteiger partial charge is 0.356 e. The smallest absolute Gasteiger partial charge is 0.223 e. The Morgan fingerprint density at radius 2 is 1.88 bits per heavy atom. The number of halogens is 1. The molecule has 3 N–H and O–H groups in total. The number of hydrogen-bond acceptors (Lipinski definition) is 2. The second kappa shape index (κ2) is 8.82. The summed E-state index contributed by atoms with van der Waals surface area (Å²) in [6.07, 6.45) is 8.04. The van der Waals surface area contributed by atoms with Crippen molar-refractivity contribution in [2.45, 2.75) is 57.9 Å². The van der Waals surface area contributed by atoms with E-state index in [0.717, 1.165) is 25.8 Å². The van der Waals surface area contributed by atoms with Crippen molar-refractivity contribution >= 4 is 18.3 Å². The normalized spacial score (nSPS) is 19.4. The molecule has 1 fully saturated rings. The highest BCUT2D eigenvalue weighted by molar-refractivity contribution is 5.85. The molecule has 1 unspecified atom stereocenters. The second-order valence-electron chi connectivity index (χ2n) is 4.75. The van der Waals surface area contributed by atoms with Gasteiger partial charge in [0.05, 0.1) is 0 Å². The van der Waals surface area contributed by atoms with Crippen LogP contribution in [0.1, 0.15) is 51.9 Å². The number of carbonyl (C=O) groups excluding carboxylic acids is 1. The van der Waals surface area contributed by atoms with Gasteiger partial charge in [0.2, 0.25) is 5.91 Å². The number of amides is 1. The summed E-state index contributed by atoms with van der Waals surface area (Å²) in [5.74, 6) is 0.512. The highest BCUT2D eigenvalue weighted by Gasteiger charge is 2.19. The van der Waals surface area contributed by atoms with E-state index in [1.54, 1.807) is 0 Å². The average Bonchev–Trinajstić information content (AvgIpc) is 2.44. The van der Waals surface area contributed by atoms with Crippen molar-refractivity contribution in [1.29, 1.82) is 0 Å². The summed E-state index contributed by atoms with van der Waals surface area (Å²) < 4.78 is 0. The van der Waals surface area contributed by atoms with Crippen molar-refractivity contribution in [2.24, 2.45) is 11.7 Å². The molecule has 1 aliphatic carbocycles. The van der Waals surface area contributed by atoms with Crippen LogP contribution in [0.25, 0.3) is 0 Å². The number of hydrogen-bond donors (Lipinski definition) is 2. The van der Waals surface area contributed by atoms with Crippen molar-refractivity contribution in [3.05, 3.63) is 0 Å². The van der Waals surface area contributed by atoms with Gasteiger partial charge in [-0.1, -0.05) is 25.7 Å². The monoisotopic (exact) mass is 248 g/mol. The van der Waals surface area contributed by atoms with Crippen LogP contribution in [0.3, 0.4) is 0 Å². The summed E-state index contributed by atoms with van der Waals surface area (Å²) in [7, 11) is 0. The summed E-state index contributed by atoms with van der Waals surface area (Å²) in [4.78, 5) is 11.8. The van der Waals surface area contributed by atoms with E-state index in [0.29, 0.717) is 0 Å². The molecular weight excluding hydrogens is 224 g/mol. The average molecular weight is 249 g/mol. The third kappa shape index (κ3) is 6.33. The fourth-order valence-corrected chi connectivity index (χ4v) is 2.11. The highest BCUT2D eigenvalue weighted by atomic mass is 35.5. The molecular formula is C12H25ClN2O. The topological polar surface area (TPSA) is 55.1 Å². The first-order valence-corrected chi connectivity index (χ1v) is 6.23. The molecule has 1 amide bonds. The molecule has 3 nitrogen and oxygen atoms in total. The van der Waals surface area contributed by atoms with Crippen LogP contribution in [0.2, 0.25) is 0 Å². The van der Waals surface area contributed by atoms with Gasteiger partial charge >= 0.3 is 0 Å². The standard InChI is InChI=1S/C12H24N2O.ClH/c1-10(13)8-9-14-12(15)11-6-4-2-3-5-7-11;/h10-11H,2-9,13H2,1H3,(H,14,15);1H. The zero-order chi connectivity index (χ0) is 11.1. The number of carbonyl (C=O) groups is 1. The predicted molar refractivity (Wildman–Crippen MR) is 69.7 cm³/mol. The van der Waals surface area contributed by atoms with Crippen LogP contribution in [0.4, 0.5) is 0 Å². The molecule has 0 aromatic rings. The number of nitrogens with two attached hydrogens (primary N) is 1. The molecule has 1 rings (SSSR count). The highest BCUT2D eigenvalue weighted by Crippen LogP contribution is 2.22. The zero-order valence-electron chi connectivity index (χ0n) is 10.2. The number of rotatable bonds is 4. The van der Waals surface area contributed by atoms with Gasteiger partial charge in [0, 0.05) is 18.5 Å². The Labute approximate surface area is 105 Å². The lowest BCUT2D eigenvalue weighted by Crippen LogP contribution is -2.33. The molecule has 0 aromatic heterocycles. The lowest BCUT2D eigenvalue weighted by atomic mass is 9.99. The zero-order valence-corrected chi connectivity index (χ0v) is 11.0. The van der Waals surface area contributed by atoms with Gasteiger partial charge in [0.15, 0.2) is 0 Å². The van der Waals surface area contributed by atoms with Crippen LogP contribution in [-0.4, -0.2) is 18.5 Å². The van der Waals surface area contributed by atoms with Gasteiger partial charge in [-0.15, -0.1) is 12.4 Å². The van der Waals surface area contributed by atoms with E-state index >= 15 is 0 Å². The first kappa shape index (κ1) is 15.7. The van der Waals surface area contributed by atoms with Crippen molar-refractivity contribution in [2.75, 3.05) is 6.54 Å². The summed E-state index contributed by atoms with van der Waals surface area (Å²) in [6, 6.07) is 0.180. The van der Waals surface area contributed by atoms with Crippen molar-refractivity contribution in [3.63, 3.8) is 0 Å². The SMILES string of the molecule is CC(N)CCNC(=O)C1CCCCCC1.Cl. The lowest BCUT2D eigenvalue weighted by molar-refractivity contribution is -0.125. The minimum atomic E-state index is 0. The molecule has 0 saturated heterocycles. The number of nitrogens with one attached hydrogen (secondary N) is 1. The van der Waals surface area contributed by atoms with Crippen LogP contribution in [0.15, 0.2) is 0 Å². The van der Waals surface area contributed by atoms with Gasteiger partial charge in [-0.3, -0.25) is 4.79 Å². The molecule has 1 aliphatic rings. The minimum Gasteiger partial charge on any atom is -0.356 e. The minimum absolute atomic E-state index is 0. The maximum atomic E-state index is 11.8. The fraction of sp³-hybridized carbons (Fsp3) is 0.917. The Bertz CT molecular complexity index is 189. The molecule has 0 aliphatic heterocycles. The molecule has 0 heterocycles. The maximum absolute atomic E-state index is 11.8. The van der Waals surface area contributed by atoms with Crippen LogP contribution >= 0.6 is 12.4 Å². The second-order valence-corrected chi connectivity index (χ2v) is 4.75.